The molecule has 0 saturated carbocycles. The van der Waals surface area contributed by atoms with Gasteiger partial charge in [-0.25, -0.2) is 4.98 Å². The van der Waals surface area contributed by atoms with Crippen LogP contribution >= 0.6 is 57.6 Å². The van der Waals surface area contributed by atoms with Crippen molar-refractivity contribution in [3.05, 3.63) is 63.3 Å². The minimum absolute atomic E-state index is 0.173. The minimum Gasteiger partial charge on any atom is -0.305 e. The number of nitrogens with zero attached hydrogens (tertiary/aromatic N) is 4. The molecule has 1 amide bonds. The van der Waals surface area contributed by atoms with Gasteiger partial charge in [-0.05, 0) is 24.3 Å². The molecule has 0 bridgehead atoms. The van der Waals surface area contributed by atoms with E-state index in [1.165, 1.54) is 27.8 Å². The third kappa shape index (κ3) is 4.64. The second kappa shape index (κ2) is 9.44. The van der Waals surface area contributed by atoms with Gasteiger partial charge >= 0.3 is 0 Å². The van der Waals surface area contributed by atoms with E-state index in [-0.39, 0.29) is 11.7 Å². The van der Waals surface area contributed by atoms with Crippen LogP contribution in [-0.2, 0) is 11.8 Å². The van der Waals surface area contributed by atoms with Crippen LogP contribution in [0.2, 0.25) is 10.0 Å². The van der Waals surface area contributed by atoms with E-state index in [4.69, 9.17) is 23.2 Å². The highest BCUT2D eigenvalue weighted by Crippen LogP contribution is 2.34. The number of amides is 1. The predicted molar refractivity (Wildman–Crippen MR) is 139 cm³/mol. The van der Waals surface area contributed by atoms with Gasteiger partial charge in [-0.1, -0.05) is 53.2 Å². The van der Waals surface area contributed by atoms with Crippen molar-refractivity contribution < 1.29 is 4.79 Å². The first-order valence-corrected chi connectivity index (χ1v) is 13.2. The number of anilines is 1. The number of benzene rings is 2. The zero-order chi connectivity index (χ0) is 22.9. The lowest BCUT2D eigenvalue weighted by atomic mass is 10.2. The summed E-state index contributed by atoms with van der Waals surface area (Å²) >= 11 is 16.6. The molecular weight excluding hydrogens is 517 g/mol. The molecule has 11 heteroatoms. The van der Waals surface area contributed by atoms with E-state index in [9.17, 15) is 4.79 Å². The molecule has 0 unspecified atom stereocenters. The Bertz CT molecular complexity index is 1480. The first-order chi connectivity index (χ1) is 16.0. The van der Waals surface area contributed by atoms with Gasteiger partial charge in [0.1, 0.15) is 0 Å². The zero-order valence-electron chi connectivity index (χ0n) is 17.1. The van der Waals surface area contributed by atoms with Crippen molar-refractivity contribution in [1.29, 1.82) is 0 Å². The topological polar surface area (TPSA) is 72.7 Å². The summed E-state index contributed by atoms with van der Waals surface area (Å²) < 4.78 is 3.11. The van der Waals surface area contributed by atoms with Gasteiger partial charge in [-0.3, -0.25) is 4.79 Å². The molecule has 0 aliphatic carbocycles. The number of thiazole rings is 1. The Labute approximate surface area is 211 Å². The number of hydrogen-bond acceptors (Lipinski definition) is 7. The van der Waals surface area contributed by atoms with Crippen molar-refractivity contribution in [3.8, 4) is 22.6 Å². The lowest BCUT2D eigenvalue weighted by Gasteiger charge is -2.04. The monoisotopic (exact) mass is 531 g/mol. The lowest BCUT2D eigenvalue weighted by molar-refractivity contribution is -0.113. The molecule has 0 fully saturated rings. The fourth-order valence-electron chi connectivity index (χ4n) is 3.26. The molecule has 0 aliphatic heterocycles. The summed E-state index contributed by atoms with van der Waals surface area (Å²) in [4.78, 5) is 17.0. The number of halogens is 2. The number of fused-ring (bicyclic) bond motifs is 1. The van der Waals surface area contributed by atoms with Gasteiger partial charge in [-0.2, -0.15) is 0 Å². The van der Waals surface area contributed by atoms with Crippen LogP contribution in [-0.4, -0.2) is 31.4 Å². The number of rotatable bonds is 6. The number of carbonyl (C=O) groups excluding carboxylic acids is 1. The van der Waals surface area contributed by atoms with Crippen molar-refractivity contribution in [2.75, 3.05) is 11.1 Å². The van der Waals surface area contributed by atoms with Crippen LogP contribution in [0.25, 0.3) is 32.7 Å². The maximum absolute atomic E-state index is 12.5. The molecule has 166 valence electrons. The summed E-state index contributed by atoms with van der Waals surface area (Å²) in [5, 5.41) is 18.8. The SMILES string of the molecule is Cn1c(SCC(=O)Nc2nc(-c3ccc(Cl)cc3Cl)cs2)nnc1-c1csc2ccccc12. The van der Waals surface area contributed by atoms with E-state index in [2.05, 4.69) is 38.0 Å². The fourth-order valence-corrected chi connectivity index (χ4v) is 6.15. The number of hydrogen-bond donors (Lipinski definition) is 1. The largest absolute Gasteiger partial charge is 0.305 e. The van der Waals surface area contributed by atoms with Gasteiger partial charge < -0.3 is 9.88 Å². The standard InChI is InChI=1S/C22H15Cl2N5OS3/c1-29-20(15-9-31-18-5-3-2-4-13(15)18)27-28-22(29)33-11-19(30)26-21-25-17(10-32-21)14-7-6-12(23)8-16(14)24/h2-10H,11H2,1H3,(H,25,26,30). The van der Waals surface area contributed by atoms with E-state index in [0.717, 1.165) is 22.3 Å². The Hall–Kier alpha value is -2.43. The maximum Gasteiger partial charge on any atom is 0.236 e. The highest BCUT2D eigenvalue weighted by Gasteiger charge is 2.17. The molecule has 5 rings (SSSR count). The zero-order valence-corrected chi connectivity index (χ0v) is 21.0. The number of thioether (sulfide) groups is 1. The lowest BCUT2D eigenvalue weighted by Crippen LogP contribution is -2.14. The molecule has 33 heavy (non-hydrogen) atoms. The van der Waals surface area contributed by atoms with Gasteiger partial charge in [0.25, 0.3) is 0 Å². The highest BCUT2D eigenvalue weighted by molar-refractivity contribution is 7.99. The smallest absolute Gasteiger partial charge is 0.236 e. The Kier molecular flexibility index (Phi) is 6.40. The van der Waals surface area contributed by atoms with Crippen molar-refractivity contribution in [2.45, 2.75) is 5.16 Å². The first kappa shape index (κ1) is 22.4. The van der Waals surface area contributed by atoms with Crippen molar-refractivity contribution in [2.24, 2.45) is 7.05 Å². The molecule has 3 heterocycles. The molecule has 2 aromatic carbocycles. The van der Waals surface area contributed by atoms with Crippen molar-refractivity contribution >= 4 is 78.8 Å². The maximum atomic E-state index is 12.5. The number of thiophene rings is 1. The molecule has 0 saturated heterocycles. The van der Waals surface area contributed by atoms with E-state index in [1.807, 2.05) is 35.2 Å². The molecule has 0 atom stereocenters. The molecule has 1 N–H and O–H groups in total. The van der Waals surface area contributed by atoms with Crippen LogP contribution in [0.1, 0.15) is 0 Å². The summed E-state index contributed by atoms with van der Waals surface area (Å²) in [5.41, 5.74) is 2.49. The third-order valence-electron chi connectivity index (χ3n) is 4.85. The van der Waals surface area contributed by atoms with E-state index < -0.39 is 0 Å². The van der Waals surface area contributed by atoms with Crippen molar-refractivity contribution in [3.63, 3.8) is 0 Å². The molecule has 0 spiro atoms. The highest BCUT2D eigenvalue weighted by atomic mass is 35.5. The van der Waals surface area contributed by atoms with Crippen LogP contribution in [0.15, 0.2) is 58.4 Å². The van der Waals surface area contributed by atoms with Crippen LogP contribution in [0.4, 0.5) is 5.13 Å². The number of aromatic nitrogens is 4. The first-order valence-electron chi connectivity index (χ1n) is 9.69. The average molecular weight is 533 g/mol. The van der Waals surface area contributed by atoms with Crippen LogP contribution in [0, 0.1) is 0 Å². The Balaban J connectivity index is 1.25. The van der Waals surface area contributed by atoms with Gasteiger partial charge in [0, 0.05) is 44.0 Å². The van der Waals surface area contributed by atoms with E-state index in [0.29, 0.717) is 26.0 Å². The molecule has 0 radical (unpaired) electrons. The fraction of sp³-hybridized carbons (Fsp3) is 0.0909. The number of nitrogens with one attached hydrogen (secondary N) is 1. The van der Waals surface area contributed by atoms with Gasteiger partial charge in [0.05, 0.1) is 16.5 Å². The van der Waals surface area contributed by atoms with E-state index in [1.54, 1.807) is 23.5 Å². The van der Waals surface area contributed by atoms with E-state index >= 15 is 0 Å². The molecular formula is C22H15Cl2N5OS3. The second-order valence-electron chi connectivity index (χ2n) is 7.01. The van der Waals surface area contributed by atoms with Crippen LogP contribution in [0.5, 0.6) is 0 Å². The normalized spacial score (nSPS) is 11.2. The summed E-state index contributed by atoms with van der Waals surface area (Å²) in [7, 11) is 1.91. The average Bonchev–Trinajstić information content (AvgIpc) is 3.51. The predicted octanol–water partition coefficient (Wildman–Crippen LogP) is 6.86. The Morgan fingerprint density at radius 3 is 2.79 bits per heavy atom. The number of carbonyl (C=O) groups is 1. The summed E-state index contributed by atoms with van der Waals surface area (Å²) in [6.07, 6.45) is 0. The third-order valence-corrected chi connectivity index (χ3v) is 8.14. The summed E-state index contributed by atoms with van der Waals surface area (Å²) in [5.74, 6) is 0.792. The summed E-state index contributed by atoms with van der Waals surface area (Å²) in [6, 6.07) is 13.4. The molecule has 3 aromatic heterocycles. The quantitative estimate of drug-likeness (QED) is 0.242. The molecule has 6 nitrogen and oxygen atoms in total. The van der Waals surface area contributed by atoms with Crippen LogP contribution in [0.3, 0.4) is 0 Å². The second-order valence-corrected chi connectivity index (χ2v) is 10.6. The Morgan fingerprint density at radius 1 is 1.09 bits per heavy atom. The molecule has 5 aromatic rings. The van der Waals surface area contributed by atoms with Gasteiger partial charge in [-0.15, -0.1) is 32.9 Å². The van der Waals surface area contributed by atoms with Gasteiger partial charge in [0.15, 0.2) is 16.1 Å². The van der Waals surface area contributed by atoms with Crippen molar-refractivity contribution in [1.82, 2.24) is 19.7 Å². The minimum atomic E-state index is -0.173. The van der Waals surface area contributed by atoms with Gasteiger partial charge in [0.2, 0.25) is 5.91 Å². The van der Waals surface area contributed by atoms with Crippen LogP contribution < -0.4 is 5.32 Å². The summed E-state index contributed by atoms with van der Waals surface area (Å²) in [6.45, 7) is 0. The Morgan fingerprint density at radius 2 is 1.94 bits per heavy atom. The molecule has 0 aliphatic rings.